The number of aromatic nitrogens is 1. The van der Waals surface area contributed by atoms with Gasteiger partial charge in [0, 0.05) is 7.11 Å². The van der Waals surface area contributed by atoms with Crippen molar-refractivity contribution in [2.75, 3.05) is 20.3 Å². The zero-order valence-electron chi connectivity index (χ0n) is 6.34. The normalized spacial score (nSPS) is 10.2. The van der Waals surface area contributed by atoms with E-state index in [1.807, 2.05) is 0 Å². The average molecular weight is 317 g/mol. The van der Waals surface area contributed by atoms with E-state index in [1.54, 1.807) is 7.11 Å². The Labute approximate surface area is 91.3 Å². The molecule has 0 saturated heterocycles. The molecule has 12 heavy (non-hydrogen) atoms. The summed E-state index contributed by atoms with van der Waals surface area (Å²) in [7, 11) is 1.64. The third-order valence-corrected chi connectivity index (χ3v) is 4.03. The molecule has 1 aromatic rings. The van der Waals surface area contributed by atoms with Crippen LogP contribution in [0.1, 0.15) is 0 Å². The Morgan fingerprint density at radius 3 is 2.67 bits per heavy atom. The van der Waals surface area contributed by atoms with Gasteiger partial charge in [-0.2, -0.15) is 4.98 Å². The van der Waals surface area contributed by atoms with Crippen LogP contribution in [0, 0.1) is 0 Å². The second-order valence-electron chi connectivity index (χ2n) is 1.89. The summed E-state index contributed by atoms with van der Waals surface area (Å²) in [4.78, 5) is 4.09. The fraction of sp³-hybridized carbons (Fsp3) is 0.500. The van der Waals surface area contributed by atoms with Crippen LogP contribution in [0.5, 0.6) is 5.19 Å². The van der Waals surface area contributed by atoms with Crippen LogP contribution in [0.15, 0.2) is 8.39 Å². The SMILES string of the molecule is COCCOc1nc(Br)c(Br)s1. The van der Waals surface area contributed by atoms with E-state index in [-0.39, 0.29) is 0 Å². The molecule has 0 aromatic carbocycles. The van der Waals surface area contributed by atoms with E-state index >= 15 is 0 Å². The molecule has 0 aliphatic carbocycles. The van der Waals surface area contributed by atoms with Gasteiger partial charge in [-0.1, -0.05) is 11.3 Å². The largest absolute Gasteiger partial charge is 0.468 e. The van der Waals surface area contributed by atoms with E-state index in [0.717, 1.165) is 8.39 Å². The third kappa shape index (κ3) is 3.01. The Bertz CT molecular complexity index is 234. The Kier molecular flexibility index (Phi) is 4.49. The van der Waals surface area contributed by atoms with Crippen LogP contribution in [0.3, 0.4) is 0 Å². The quantitative estimate of drug-likeness (QED) is 0.800. The Hall–Kier alpha value is 0.350. The highest BCUT2D eigenvalue weighted by molar-refractivity contribution is 9.13. The predicted molar refractivity (Wildman–Crippen MR) is 54.9 cm³/mol. The highest BCUT2D eigenvalue weighted by atomic mass is 79.9. The number of ether oxygens (including phenoxy) is 2. The standard InChI is InChI=1S/C6H7Br2NO2S/c1-10-2-3-11-6-9-4(7)5(8)12-6/h2-3H2,1H3. The first kappa shape index (κ1) is 10.4. The summed E-state index contributed by atoms with van der Waals surface area (Å²) in [6.07, 6.45) is 0. The summed E-state index contributed by atoms with van der Waals surface area (Å²) in [5.74, 6) is 0. The van der Waals surface area contributed by atoms with Gasteiger partial charge in [-0.15, -0.1) is 0 Å². The summed E-state index contributed by atoms with van der Waals surface area (Å²) in [5.41, 5.74) is 0. The Morgan fingerprint density at radius 1 is 1.42 bits per heavy atom. The van der Waals surface area contributed by atoms with Crippen molar-refractivity contribution in [2.24, 2.45) is 0 Å². The van der Waals surface area contributed by atoms with Crippen LogP contribution in [0.25, 0.3) is 0 Å². The van der Waals surface area contributed by atoms with Gasteiger partial charge >= 0.3 is 0 Å². The maximum atomic E-state index is 5.27. The van der Waals surface area contributed by atoms with E-state index in [9.17, 15) is 0 Å². The van der Waals surface area contributed by atoms with Crippen molar-refractivity contribution in [1.82, 2.24) is 4.98 Å². The van der Waals surface area contributed by atoms with Crippen molar-refractivity contribution in [3.05, 3.63) is 8.39 Å². The molecular formula is C6H7Br2NO2S. The maximum absolute atomic E-state index is 5.27. The number of thiazole rings is 1. The lowest BCUT2D eigenvalue weighted by Crippen LogP contribution is -2.03. The van der Waals surface area contributed by atoms with Gasteiger partial charge < -0.3 is 9.47 Å². The molecule has 0 fully saturated rings. The van der Waals surface area contributed by atoms with Crippen LogP contribution >= 0.6 is 43.2 Å². The summed E-state index contributed by atoms with van der Waals surface area (Å²) in [5, 5.41) is 0.644. The van der Waals surface area contributed by atoms with E-state index in [0.29, 0.717) is 18.4 Å². The molecule has 0 radical (unpaired) electrons. The second-order valence-corrected chi connectivity index (χ2v) is 4.92. The van der Waals surface area contributed by atoms with Gasteiger partial charge in [-0.3, -0.25) is 0 Å². The molecule has 0 spiro atoms. The number of hydrogen-bond donors (Lipinski definition) is 0. The Morgan fingerprint density at radius 2 is 2.17 bits per heavy atom. The lowest BCUT2D eigenvalue weighted by molar-refractivity contribution is 0.146. The second kappa shape index (κ2) is 5.16. The van der Waals surface area contributed by atoms with Gasteiger partial charge in [0.1, 0.15) is 15.0 Å². The number of rotatable bonds is 4. The zero-order valence-corrected chi connectivity index (χ0v) is 10.3. The van der Waals surface area contributed by atoms with E-state index in [2.05, 4.69) is 36.8 Å². The van der Waals surface area contributed by atoms with E-state index in [4.69, 9.17) is 9.47 Å². The van der Waals surface area contributed by atoms with Crippen LogP contribution in [-0.4, -0.2) is 25.3 Å². The molecule has 0 atom stereocenters. The summed E-state index contributed by atoms with van der Waals surface area (Å²) < 4.78 is 11.8. The predicted octanol–water partition coefficient (Wildman–Crippen LogP) is 2.69. The molecule has 0 bridgehead atoms. The summed E-state index contributed by atoms with van der Waals surface area (Å²) in [6.45, 7) is 1.11. The van der Waals surface area contributed by atoms with Gasteiger partial charge in [0.15, 0.2) is 0 Å². The fourth-order valence-corrected chi connectivity index (χ4v) is 2.13. The number of hydrogen-bond acceptors (Lipinski definition) is 4. The van der Waals surface area contributed by atoms with E-state index < -0.39 is 0 Å². The molecule has 0 aliphatic heterocycles. The van der Waals surface area contributed by atoms with Crippen molar-refractivity contribution < 1.29 is 9.47 Å². The molecule has 6 heteroatoms. The van der Waals surface area contributed by atoms with Crippen molar-refractivity contribution >= 4 is 43.2 Å². The molecule has 0 amide bonds. The topological polar surface area (TPSA) is 31.4 Å². The minimum absolute atomic E-state index is 0.531. The number of halogens is 2. The molecule has 0 unspecified atom stereocenters. The van der Waals surface area contributed by atoms with Gasteiger partial charge in [-0.25, -0.2) is 0 Å². The maximum Gasteiger partial charge on any atom is 0.275 e. The molecule has 1 heterocycles. The van der Waals surface area contributed by atoms with Gasteiger partial charge in [0.2, 0.25) is 0 Å². The number of nitrogens with zero attached hydrogens (tertiary/aromatic N) is 1. The lowest BCUT2D eigenvalue weighted by Gasteiger charge is -1.98. The average Bonchev–Trinajstić information content (AvgIpc) is 2.32. The van der Waals surface area contributed by atoms with Crippen LogP contribution in [-0.2, 0) is 4.74 Å². The minimum Gasteiger partial charge on any atom is -0.468 e. The van der Waals surface area contributed by atoms with Crippen molar-refractivity contribution in [1.29, 1.82) is 0 Å². The molecule has 0 aliphatic rings. The fourth-order valence-electron chi connectivity index (χ4n) is 0.540. The summed E-state index contributed by atoms with van der Waals surface area (Å²) in [6, 6.07) is 0. The monoisotopic (exact) mass is 315 g/mol. The van der Waals surface area contributed by atoms with Gasteiger partial charge in [0.25, 0.3) is 5.19 Å². The smallest absolute Gasteiger partial charge is 0.275 e. The summed E-state index contributed by atoms with van der Waals surface area (Å²) >= 11 is 8.03. The molecule has 0 N–H and O–H groups in total. The van der Waals surface area contributed by atoms with Crippen molar-refractivity contribution in [2.45, 2.75) is 0 Å². The zero-order chi connectivity index (χ0) is 8.97. The Balaban J connectivity index is 2.42. The highest BCUT2D eigenvalue weighted by Gasteiger charge is 2.06. The van der Waals surface area contributed by atoms with E-state index in [1.165, 1.54) is 11.3 Å². The molecule has 3 nitrogen and oxygen atoms in total. The molecular weight excluding hydrogens is 310 g/mol. The first-order chi connectivity index (χ1) is 5.74. The first-order valence-electron chi connectivity index (χ1n) is 3.17. The first-order valence-corrected chi connectivity index (χ1v) is 5.58. The van der Waals surface area contributed by atoms with Crippen molar-refractivity contribution in [3.63, 3.8) is 0 Å². The highest BCUT2D eigenvalue weighted by Crippen LogP contribution is 2.33. The minimum atomic E-state index is 0.531. The molecule has 1 rings (SSSR count). The molecule has 68 valence electrons. The number of methoxy groups -OCH3 is 1. The molecule has 0 saturated carbocycles. The molecule has 1 aromatic heterocycles. The van der Waals surface area contributed by atoms with Gasteiger partial charge in [-0.05, 0) is 31.9 Å². The third-order valence-electron chi connectivity index (χ3n) is 1.04. The van der Waals surface area contributed by atoms with Crippen LogP contribution in [0.2, 0.25) is 0 Å². The van der Waals surface area contributed by atoms with Gasteiger partial charge in [0.05, 0.1) is 6.61 Å². The van der Waals surface area contributed by atoms with Crippen LogP contribution in [0.4, 0.5) is 0 Å². The van der Waals surface area contributed by atoms with Crippen LogP contribution < -0.4 is 4.74 Å². The van der Waals surface area contributed by atoms with Crippen molar-refractivity contribution in [3.8, 4) is 5.19 Å². The lowest BCUT2D eigenvalue weighted by atomic mass is 10.8.